The Morgan fingerprint density at radius 1 is 1.15 bits per heavy atom. The maximum Gasteiger partial charge on any atom is 0.244 e. The molecule has 0 N–H and O–H groups in total. The van der Waals surface area contributed by atoms with E-state index < -0.39 is 0 Å². The number of nitrogens with zero attached hydrogens (tertiary/aromatic N) is 5. The molecule has 7 heteroatoms. The van der Waals surface area contributed by atoms with Crippen molar-refractivity contribution in [3.63, 3.8) is 0 Å². The van der Waals surface area contributed by atoms with Gasteiger partial charge in [-0.1, -0.05) is 35.0 Å². The van der Waals surface area contributed by atoms with Gasteiger partial charge in [0.2, 0.25) is 11.8 Å². The number of piperazine rings is 1. The van der Waals surface area contributed by atoms with Crippen LogP contribution in [0.1, 0.15) is 28.9 Å². The van der Waals surface area contributed by atoms with E-state index in [0.29, 0.717) is 31.3 Å². The van der Waals surface area contributed by atoms with Gasteiger partial charge in [0.25, 0.3) is 0 Å². The van der Waals surface area contributed by atoms with E-state index in [1.165, 1.54) is 5.56 Å². The number of hydrogen-bond acceptors (Lipinski definition) is 6. The van der Waals surface area contributed by atoms with Crippen molar-refractivity contribution in [1.82, 2.24) is 24.8 Å². The van der Waals surface area contributed by atoms with Crippen molar-refractivity contribution in [2.24, 2.45) is 0 Å². The number of carbonyl (C=O) groups excluding carboxylic acids is 1. The fourth-order valence-electron chi connectivity index (χ4n) is 3.32. The molecule has 140 valence electrons. The van der Waals surface area contributed by atoms with Gasteiger partial charge in [0.1, 0.15) is 6.04 Å². The molecule has 1 aliphatic rings. The van der Waals surface area contributed by atoms with Crippen molar-refractivity contribution >= 4 is 5.91 Å². The van der Waals surface area contributed by atoms with Gasteiger partial charge >= 0.3 is 0 Å². The Bertz CT molecular complexity index is 733. The first kappa shape index (κ1) is 18.5. The summed E-state index contributed by atoms with van der Waals surface area (Å²) in [6.07, 6.45) is 0. The van der Waals surface area contributed by atoms with Gasteiger partial charge in [-0.2, -0.15) is 4.98 Å². The molecule has 1 amide bonds. The van der Waals surface area contributed by atoms with Crippen molar-refractivity contribution in [3.05, 3.63) is 47.1 Å². The molecule has 0 saturated carbocycles. The fraction of sp³-hybridized carbons (Fsp3) is 0.526. The standard InChI is InChI=1S/C19H27N5O2/c1-14-5-7-16(8-6-14)18(22(3)4)19(25)24-11-9-23(10-12-24)13-17-20-15(2)26-21-17/h5-8,18H,9-13H2,1-4H3/t18-/m0/s1. The third-order valence-electron chi connectivity index (χ3n) is 4.76. The Hall–Kier alpha value is -2.25. The minimum atomic E-state index is -0.248. The van der Waals surface area contributed by atoms with Crippen LogP contribution in [-0.2, 0) is 11.3 Å². The highest BCUT2D eigenvalue weighted by Crippen LogP contribution is 2.22. The van der Waals surface area contributed by atoms with Crippen LogP contribution in [-0.4, -0.2) is 71.0 Å². The van der Waals surface area contributed by atoms with E-state index in [0.717, 1.165) is 18.7 Å². The third-order valence-corrected chi connectivity index (χ3v) is 4.76. The number of amides is 1. The summed E-state index contributed by atoms with van der Waals surface area (Å²) in [4.78, 5) is 23.6. The Labute approximate surface area is 154 Å². The Morgan fingerprint density at radius 3 is 2.35 bits per heavy atom. The fourth-order valence-corrected chi connectivity index (χ4v) is 3.32. The van der Waals surface area contributed by atoms with Crippen LogP contribution in [0.15, 0.2) is 28.8 Å². The van der Waals surface area contributed by atoms with Crippen molar-refractivity contribution in [2.45, 2.75) is 26.4 Å². The molecule has 1 atom stereocenters. The van der Waals surface area contributed by atoms with E-state index in [1.807, 2.05) is 36.0 Å². The highest BCUT2D eigenvalue weighted by atomic mass is 16.5. The number of aromatic nitrogens is 2. The van der Waals surface area contributed by atoms with Gasteiger partial charge in [-0.05, 0) is 26.6 Å². The molecule has 26 heavy (non-hydrogen) atoms. The van der Waals surface area contributed by atoms with Crippen LogP contribution in [0.3, 0.4) is 0 Å². The lowest BCUT2D eigenvalue weighted by atomic mass is 10.0. The molecule has 1 aliphatic heterocycles. The first-order chi connectivity index (χ1) is 12.4. The summed E-state index contributed by atoms with van der Waals surface area (Å²) in [6, 6.07) is 7.97. The summed E-state index contributed by atoms with van der Waals surface area (Å²) >= 11 is 0. The van der Waals surface area contributed by atoms with Gasteiger partial charge in [-0.25, -0.2) is 0 Å². The number of benzene rings is 1. The predicted molar refractivity (Wildman–Crippen MR) is 98.5 cm³/mol. The second-order valence-electron chi connectivity index (χ2n) is 7.11. The Balaban J connectivity index is 1.61. The van der Waals surface area contributed by atoms with Crippen LogP contribution >= 0.6 is 0 Å². The van der Waals surface area contributed by atoms with Crippen LogP contribution in [0.2, 0.25) is 0 Å². The lowest BCUT2D eigenvalue weighted by Crippen LogP contribution is -2.51. The van der Waals surface area contributed by atoms with Crippen LogP contribution in [0, 0.1) is 13.8 Å². The zero-order valence-electron chi connectivity index (χ0n) is 16.0. The second-order valence-corrected chi connectivity index (χ2v) is 7.11. The van der Waals surface area contributed by atoms with Gasteiger partial charge in [0, 0.05) is 33.1 Å². The number of hydrogen-bond donors (Lipinski definition) is 0. The van der Waals surface area contributed by atoms with E-state index in [-0.39, 0.29) is 11.9 Å². The van der Waals surface area contributed by atoms with E-state index in [4.69, 9.17) is 4.52 Å². The Kier molecular flexibility index (Phi) is 5.68. The third kappa shape index (κ3) is 4.28. The molecule has 2 heterocycles. The quantitative estimate of drug-likeness (QED) is 0.810. The molecular weight excluding hydrogens is 330 g/mol. The maximum absolute atomic E-state index is 13.1. The lowest BCUT2D eigenvalue weighted by molar-refractivity contribution is -0.138. The minimum Gasteiger partial charge on any atom is -0.340 e. The van der Waals surface area contributed by atoms with Gasteiger partial charge in [-0.3, -0.25) is 14.6 Å². The van der Waals surface area contributed by atoms with E-state index in [1.54, 1.807) is 6.92 Å². The largest absolute Gasteiger partial charge is 0.340 e. The average molecular weight is 357 g/mol. The maximum atomic E-state index is 13.1. The molecule has 1 aromatic heterocycles. The monoisotopic (exact) mass is 357 g/mol. The second kappa shape index (κ2) is 7.97. The molecule has 2 aromatic rings. The van der Waals surface area contributed by atoms with Gasteiger partial charge in [0.15, 0.2) is 5.82 Å². The molecule has 1 saturated heterocycles. The number of likely N-dealkylation sites (N-methyl/N-ethyl adjacent to an activating group) is 1. The molecule has 3 rings (SSSR count). The summed E-state index contributed by atoms with van der Waals surface area (Å²) in [5, 5.41) is 3.95. The molecule has 0 unspecified atom stereocenters. The highest BCUT2D eigenvalue weighted by molar-refractivity contribution is 5.83. The molecule has 0 aliphatic carbocycles. The zero-order valence-corrected chi connectivity index (χ0v) is 16.0. The summed E-state index contributed by atoms with van der Waals surface area (Å²) in [7, 11) is 3.91. The van der Waals surface area contributed by atoms with Crippen LogP contribution in [0.25, 0.3) is 0 Å². The number of aryl methyl sites for hydroxylation is 2. The van der Waals surface area contributed by atoms with E-state index in [9.17, 15) is 4.79 Å². The minimum absolute atomic E-state index is 0.161. The van der Waals surface area contributed by atoms with Crippen LogP contribution in [0.4, 0.5) is 0 Å². The van der Waals surface area contributed by atoms with Gasteiger partial charge in [-0.15, -0.1) is 0 Å². The molecule has 1 aromatic carbocycles. The smallest absolute Gasteiger partial charge is 0.244 e. The van der Waals surface area contributed by atoms with Crippen LogP contribution in [0.5, 0.6) is 0 Å². The Morgan fingerprint density at radius 2 is 1.81 bits per heavy atom. The molecule has 0 radical (unpaired) electrons. The van der Waals surface area contributed by atoms with Gasteiger partial charge < -0.3 is 9.42 Å². The normalized spacial score (nSPS) is 16.9. The zero-order chi connectivity index (χ0) is 18.7. The summed E-state index contributed by atoms with van der Waals surface area (Å²) in [5.41, 5.74) is 2.24. The number of rotatable bonds is 5. The first-order valence-corrected chi connectivity index (χ1v) is 8.97. The van der Waals surface area contributed by atoms with Crippen molar-refractivity contribution < 1.29 is 9.32 Å². The molecule has 1 fully saturated rings. The highest BCUT2D eigenvalue weighted by Gasteiger charge is 2.30. The lowest BCUT2D eigenvalue weighted by Gasteiger charge is -2.37. The molecule has 0 bridgehead atoms. The van der Waals surface area contributed by atoms with E-state index in [2.05, 4.69) is 34.1 Å². The van der Waals surface area contributed by atoms with E-state index >= 15 is 0 Å². The van der Waals surface area contributed by atoms with Crippen LogP contribution < -0.4 is 0 Å². The topological polar surface area (TPSA) is 65.7 Å². The molecular formula is C19H27N5O2. The molecule has 0 spiro atoms. The van der Waals surface area contributed by atoms with Gasteiger partial charge in [0.05, 0.1) is 6.54 Å². The first-order valence-electron chi connectivity index (χ1n) is 8.97. The van der Waals surface area contributed by atoms with Crippen molar-refractivity contribution in [3.8, 4) is 0 Å². The molecule has 7 nitrogen and oxygen atoms in total. The summed E-state index contributed by atoms with van der Waals surface area (Å²) in [6.45, 7) is 7.56. The summed E-state index contributed by atoms with van der Waals surface area (Å²) < 4.78 is 5.02. The van der Waals surface area contributed by atoms with Crippen molar-refractivity contribution in [2.75, 3.05) is 40.3 Å². The summed E-state index contributed by atoms with van der Waals surface area (Å²) in [5.74, 6) is 1.45. The average Bonchev–Trinajstić information content (AvgIpc) is 3.02. The predicted octanol–water partition coefficient (Wildman–Crippen LogP) is 1.63. The SMILES string of the molecule is Cc1ccc([C@@H](C(=O)N2CCN(Cc3noc(C)n3)CC2)N(C)C)cc1. The number of carbonyl (C=O) groups is 1. The van der Waals surface area contributed by atoms with Crippen molar-refractivity contribution in [1.29, 1.82) is 0 Å².